The van der Waals surface area contributed by atoms with E-state index in [0.29, 0.717) is 29.4 Å². The van der Waals surface area contributed by atoms with Crippen molar-refractivity contribution in [3.8, 4) is 17.4 Å². The van der Waals surface area contributed by atoms with Crippen LogP contribution < -0.4 is 15.8 Å². The number of nitrogens with zero attached hydrogens (tertiary/aromatic N) is 3. The van der Waals surface area contributed by atoms with Gasteiger partial charge < -0.3 is 20.8 Å². The van der Waals surface area contributed by atoms with Gasteiger partial charge in [-0.2, -0.15) is 15.0 Å². The first-order valence-electron chi connectivity index (χ1n) is 9.06. The number of ether oxygens (including phenoxy) is 1. The number of anilines is 1. The van der Waals surface area contributed by atoms with Gasteiger partial charge in [-0.05, 0) is 18.6 Å². The molecular formula is C21H20N6O2. The van der Waals surface area contributed by atoms with Gasteiger partial charge in [0.05, 0.1) is 18.2 Å². The molecule has 0 spiro atoms. The van der Waals surface area contributed by atoms with E-state index in [-0.39, 0.29) is 6.01 Å². The minimum Gasteiger partial charge on any atom is -0.467 e. The first-order chi connectivity index (χ1) is 14.1. The van der Waals surface area contributed by atoms with E-state index in [0.717, 1.165) is 22.2 Å². The number of hydrogen-bond donors (Lipinski definition) is 3. The van der Waals surface area contributed by atoms with E-state index in [2.05, 4.69) is 25.3 Å². The van der Waals surface area contributed by atoms with E-state index in [1.165, 1.54) is 7.11 Å². The number of rotatable bonds is 6. The minimum atomic E-state index is -0.498. The Hall–Kier alpha value is -3.94. The molecule has 4 rings (SSSR count). The van der Waals surface area contributed by atoms with Gasteiger partial charge in [0.2, 0.25) is 5.95 Å². The maximum atomic E-state index is 11.8. The zero-order chi connectivity index (χ0) is 20.4. The number of hydrogen-bond acceptors (Lipinski definition) is 6. The number of methoxy groups -OCH3 is 1. The molecule has 2 aromatic carbocycles. The lowest BCUT2D eigenvalue weighted by atomic mass is 10.1. The molecule has 0 saturated carbocycles. The second kappa shape index (κ2) is 7.59. The summed E-state index contributed by atoms with van der Waals surface area (Å²) < 4.78 is 5.27. The van der Waals surface area contributed by atoms with Gasteiger partial charge in [0.25, 0.3) is 5.91 Å². The number of H-pyrrole nitrogens is 1. The summed E-state index contributed by atoms with van der Waals surface area (Å²) >= 11 is 0. The van der Waals surface area contributed by atoms with Crippen molar-refractivity contribution in [1.82, 2.24) is 19.9 Å². The van der Waals surface area contributed by atoms with Gasteiger partial charge in [0.1, 0.15) is 0 Å². The Bertz CT molecular complexity index is 1190. The molecule has 0 saturated heterocycles. The average molecular weight is 388 g/mol. The average Bonchev–Trinajstić information content (AvgIpc) is 3.08. The topological polar surface area (TPSA) is 119 Å². The Balaban J connectivity index is 1.78. The quantitative estimate of drug-likeness (QED) is 0.467. The first-order valence-corrected chi connectivity index (χ1v) is 9.06. The number of aryl methyl sites for hydroxylation is 1. The molecule has 0 atom stereocenters. The van der Waals surface area contributed by atoms with Crippen molar-refractivity contribution < 1.29 is 9.53 Å². The smallest absolute Gasteiger partial charge is 0.321 e. The van der Waals surface area contributed by atoms with Crippen LogP contribution in [0.15, 0.2) is 48.5 Å². The van der Waals surface area contributed by atoms with Crippen LogP contribution in [-0.4, -0.2) is 33.0 Å². The summed E-state index contributed by atoms with van der Waals surface area (Å²) in [6, 6.07) is 15.5. The van der Waals surface area contributed by atoms with Gasteiger partial charge in [0, 0.05) is 23.2 Å². The molecule has 2 aromatic heterocycles. The second-order valence-corrected chi connectivity index (χ2v) is 6.53. The Morgan fingerprint density at radius 2 is 1.90 bits per heavy atom. The van der Waals surface area contributed by atoms with Crippen molar-refractivity contribution in [2.75, 3.05) is 12.4 Å². The summed E-state index contributed by atoms with van der Waals surface area (Å²) in [7, 11) is 1.51. The lowest BCUT2D eigenvalue weighted by Crippen LogP contribution is -2.11. The lowest BCUT2D eigenvalue weighted by molar-refractivity contribution is 0.100. The van der Waals surface area contributed by atoms with Crippen LogP contribution in [0.1, 0.15) is 21.6 Å². The van der Waals surface area contributed by atoms with E-state index in [9.17, 15) is 4.79 Å². The molecule has 0 aliphatic heterocycles. The summed E-state index contributed by atoms with van der Waals surface area (Å²) in [6.07, 6.45) is 0. The van der Waals surface area contributed by atoms with E-state index in [1.54, 1.807) is 12.1 Å². The number of primary amides is 1. The SMILES string of the molecule is COc1nc(NCc2ccccc2)nc(-c2c(C)[nH]c3c(C(N)=O)cccc23)n1. The predicted octanol–water partition coefficient (Wildman–Crippen LogP) is 3.05. The molecule has 2 heterocycles. The van der Waals surface area contributed by atoms with Crippen molar-refractivity contribution in [3.63, 3.8) is 0 Å². The Morgan fingerprint density at radius 3 is 2.62 bits per heavy atom. The standard InChI is InChI=1S/C21H20N6O2/c1-12-16(14-9-6-10-15(18(22)28)17(14)24-12)19-25-20(27-21(26-19)29-2)23-11-13-7-4-3-5-8-13/h3-10,24H,11H2,1-2H3,(H2,22,28)(H,23,25,26,27). The van der Waals surface area contributed by atoms with Crippen LogP contribution in [0.4, 0.5) is 5.95 Å². The highest BCUT2D eigenvalue weighted by Crippen LogP contribution is 2.32. The van der Waals surface area contributed by atoms with Crippen LogP contribution in [-0.2, 0) is 6.54 Å². The molecule has 0 radical (unpaired) electrons. The van der Waals surface area contributed by atoms with Gasteiger partial charge >= 0.3 is 6.01 Å². The van der Waals surface area contributed by atoms with Crippen LogP contribution >= 0.6 is 0 Å². The zero-order valence-corrected chi connectivity index (χ0v) is 16.1. The van der Waals surface area contributed by atoms with Gasteiger partial charge in [-0.3, -0.25) is 4.79 Å². The number of aromatic amines is 1. The number of carbonyl (C=O) groups is 1. The number of nitrogens with two attached hydrogens (primary N) is 1. The molecule has 0 fully saturated rings. The third-order valence-corrected chi connectivity index (χ3v) is 4.60. The molecule has 8 nitrogen and oxygen atoms in total. The number of carbonyl (C=O) groups excluding carboxylic acids is 1. The van der Waals surface area contributed by atoms with Gasteiger partial charge in [-0.1, -0.05) is 42.5 Å². The largest absolute Gasteiger partial charge is 0.467 e. The first kappa shape index (κ1) is 18.4. The third kappa shape index (κ3) is 3.60. The fourth-order valence-corrected chi connectivity index (χ4v) is 3.26. The number of amides is 1. The van der Waals surface area contributed by atoms with E-state index in [4.69, 9.17) is 10.5 Å². The summed E-state index contributed by atoms with van der Waals surface area (Å²) in [5.41, 5.74) is 9.27. The lowest BCUT2D eigenvalue weighted by Gasteiger charge is -2.09. The summed E-state index contributed by atoms with van der Waals surface area (Å²) in [4.78, 5) is 28.3. The monoisotopic (exact) mass is 388 g/mol. The van der Waals surface area contributed by atoms with Crippen LogP contribution in [0.25, 0.3) is 22.3 Å². The highest BCUT2D eigenvalue weighted by Gasteiger charge is 2.19. The van der Waals surface area contributed by atoms with E-state index in [1.807, 2.05) is 43.3 Å². The maximum absolute atomic E-state index is 11.8. The van der Waals surface area contributed by atoms with Gasteiger partial charge in [-0.15, -0.1) is 0 Å². The molecule has 0 aliphatic carbocycles. The number of benzene rings is 2. The molecule has 0 bridgehead atoms. The molecule has 4 aromatic rings. The minimum absolute atomic E-state index is 0.199. The number of aromatic nitrogens is 4. The summed E-state index contributed by atoms with van der Waals surface area (Å²) in [5, 5.41) is 4.02. The number of para-hydroxylation sites is 1. The van der Waals surface area contributed by atoms with Crippen molar-refractivity contribution in [2.24, 2.45) is 5.73 Å². The van der Waals surface area contributed by atoms with Crippen LogP contribution in [0, 0.1) is 6.92 Å². The van der Waals surface area contributed by atoms with Crippen molar-refractivity contribution in [2.45, 2.75) is 13.5 Å². The van der Waals surface area contributed by atoms with Gasteiger partial charge in [0.15, 0.2) is 5.82 Å². The van der Waals surface area contributed by atoms with Crippen LogP contribution in [0.2, 0.25) is 0 Å². The molecule has 29 heavy (non-hydrogen) atoms. The Morgan fingerprint density at radius 1 is 1.10 bits per heavy atom. The van der Waals surface area contributed by atoms with Gasteiger partial charge in [-0.25, -0.2) is 0 Å². The highest BCUT2D eigenvalue weighted by atomic mass is 16.5. The number of nitrogens with one attached hydrogen (secondary N) is 2. The molecule has 146 valence electrons. The molecule has 0 aliphatic rings. The zero-order valence-electron chi connectivity index (χ0n) is 16.1. The predicted molar refractivity (Wildman–Crippen MR) is 111 cm³/mol. The Labute approximate surface area is 167 Å². The van der Waals surface area contributed by atoms with Crippen molar-refractivity contribution >= 4 is 22.8 Å². The van der Waals surface area contributed by atoms with Crippen molar-refractivity contribution in [3.05, 3.63) is 65.4 Å². The fourth-order valence-electron chi connectivity index (χ4n) is 3.26. The molecule has 0 unspecified atom stereocenters. The Kier molecular flexibility index (Phi) is 4.82. The molecular weight excluding hydrogens is 368 g/mol. The van der Waals surface area contributed by atoms with E-state index < -0.39 is 5.91 Å². The van der Waals surface area contributed by atoms with E-state index >= 15 is 0 Å². The third-order valence-electron chi connectivity index (χ3n) is 4.60. The summed E-state index contributed by atoms with van der Waals surface area (Å²) in [5.74, 6) is 0.343. The van der Waals surface area contributed by atoms with Crippen LogP contribution in [0.3, 0.4) is 0 Å². The van der Waals surface area contributed by atoms with Crippen LogP contribution in [0.5, 0.6) is 6.01 Å². The molecule has 8 heteroatoms. The molecule has 1 amide bonds. The summed E-state index contributed by atoms with van der Waals surface area (Å²) in [6.45, 7) is 2.46. The highest BCUT2D eigenvalue weighted by molar-refractivity contribution is 6.09. The second-order valence-electron chi connectivity index (χ2n) is 6.53. The normalized spacial score (nSPS) is 10.8. The number of fused-ring (bicyclic) bond motifs is 1. The van der Waals surface area contributed by atoms with Crippen molar-refractivity contribution in [1.29, 1.82) is 0 Å². The maximum Gasteiger partial charge on any atom is 0.321 e. The fraction of sp³-hybridized carbons (Fsp3) is 0.143. The molecule has 4 N–H and O–H groups in total.